The van der Waals surface area contributed by atoms with Crippen LogP contribution in [0.5, 0.6) is 11.5 Å². The fraction of sp³-hybridized carbons (Fsp3) is 0.333. The molecule has 0 saturated carbocycles. The lowest BCUT2D eigenvalue weighted by Gasteiger charge is -2.17. The molecule has 1 aliphatic heterocycles. The van der Waals surface area contributed by atoms with Gasteiger partial charge in [0.15, 0.2) is 0 Å². The number of methoxy groups -OCH3 is 2. The lowest BCUT2D eigenvalue weighted by Crippen LogP contribution is -2.14. The number of nitrogens with zero attached hydrogens (tertiary/aromatic N) is 1. The molecule has 5 nitrogen and oxygen atoms in total. The van der Waals surface area contributed by atoms with Crippen LogP contribution in [0.15, 0.2) is 18.2 Å². The molecular weight excluding hydrogens is 288 g/mol. The molecule has 3 rings (SSSR count). The zero-order valence-electron chi connectivity index (χ0n) is 11.9. The van der Waals surface area contributed by atoms with Crippen LogP contribution in [0.2, 0.25) is 0 Å². The summed E-state index contributed by atoms with van der Waals surface area (Å²) in [6.07, 6.45) is 0.815. The van der Waals surface area contributed by atoms with Gasteiger partial charge >= 0.3 is 0 Å². The van der Waals surface area contributed by atoms with Crippen molar-refractivity contribution in [3.05, 3.63) is 34.1 Å². The van der Waals surface area contributed by atoms with E-state index in [2.05, 4.69) is 9.97 Å². The van der Waals surface area contributed by atoms with Crippen LogP contribution < -0.4 is 9.47 Å². The maximum Gasteiger partial charge on any atom is 0.139 e. The Morgan fingerprint density at radius 3 is 2.57 bits per heavy atom. The Morgan fingerprint density at radius 1 is 1.19 bits per heavy atom. The third kappa shape index (κ3) is 2.77. The van der Waals surface area contributed by atoms with E-state index in [4.69, 9.17) is 26.4 Å². The standard InChI is InChI=1S/C15H16N2O3S/c1-18-10-5-9(6-11(7-10)19-2)14-16-13-3-4-20-8-12(13)15(21)17-14/h5-7H,3-4,8H2,1-2H3,(H,16,17,21). The van der Waals surface area contributed by atoms with E-state index in [-0.39, 0.29) is 0 Å². The van der Waals surface area contributed by atoms with Crippen LogP contribution >= 0.6 is 12.2 Å². The Morgan fingerprint density at radius 2 is 1.90 bits per heavy atom. The highest BCUT2D eigenvalue weighted by Gasteiger charge is 2.15. The number of benzene rings is 1. The van der Waals surface area contributed by atoms with Gasteiger partial charge < -0.3 is 19.2 Å². The SMILES string of the molecule is COc1cc(OC)cc(-c2nc(=S)c3c([nH]2)CCOC3)c1. The van der Waals surface area contributed by atoms with Gasteiger partial charge in [0.25, 0.3) is 0 Å². The molecule has 1 N–H and O–H groups in total. The second kappa shape index (κ2) is 5.83. The molecule has 0 fully saturated rings. The van der Waals surface area contributed by atoms with Crippen molar-refractivity contribution in [3.8, 4) is 22.9 Å². The summed E-state index contributed by atoms with van der Waals surface area (Å²) in [5, 5.41) is 0. The number of hydrogen-bond acceptors (Lipinski definition) is 5. The molecular formula is C15H16N2O3S. The maximum atomic E-state index is 5.43. The van der Waals surface area contributed by atoms with E-state index in [1.807, 2.05) is 18.2 Å². The number of ether oxygens (including phenoxy) is 3. The van der Waals surface area contributed by atoms with Crippen molar-refractivity contribution >= 4 is 12.2 Å². The number of hydrogen-bond donors (Lipinski definition) is 1. The molecule has 21 heavy (non-hydrogen) atoms. The molecule has 0 radical (unpaired) electrons. The first-order valence-electron chi connectivity index (χ1n) is 6.64. The first-order valence-corrected chi connectivity index (χ1v) is 7.05. The van der Waals surface area contributed by atoms with Gasteiger partial charge in [-0.3, -0.25) is 0 Å². The molecule has 0 spiro atoms. The summed E-state index contributed by atoms with van der Waals surface area (Å²) in [6, 6.07) is 5.63. The van der Waals surface area contributed by atoms with Gasteiger partial charge in [-0.05, 0) is 12.1 Å². The monoisotopic (exact) mass is 304 g/mol. The van der Waals surface area contributed by atoms with E-state index in [0.29, 0.717) is 29.4 Å². The van der Waals surface area contributed by atoms with Crippen LogP contribution in [0.25, 0.3) is 11.4 Å². The smallest absolute Gasteiger partial charge is 0.139 e. The summed E-state index contributed by atoms with van der Waals surface area (Å²) in [6.45, 7) is 1.22. The van der Waals surface area contributed by atoms with Crippen molar-refractivity contribution in [2.75, 3.05) is 20.8 Å². The van der Waals surface area contributed by atoms with Crippen LogP contribution in [0, 0.1) is 4.64 Å². The summed E-state index contributed by atoms with van der Waals surface area (Å²) in [4.78, 5) is 7.83. The number of aromatic amines is 1. The van der Waals surface area contributed by atoms with Crippen molar-refractivity contribution in [1.82, 2.24) is 9.97 Å². The summed E-state index contributed by atoms with van der Waals surface area (Å²) in [5.41, 5.74) is 2.96. The molecule has 2 heterocycles. The number of fused-ring (bicyclic) bond motifs is 1. The topological polar surface area (TPSA) is 56.4 Å². The molecule has 2 aromatic rings. The summed E-state index contributed by atoms with van der Waals surface area (Å²) in [7, 11) is 3.25. The normalized spacial score (nSPS) is 13.6. The highest BCUT2D eigenvalue weighted by Crippen LogP contribution is 2.29. The molecule has 6 heteroatoms. The Kier molecular flexibility index (Phi) is 3.90. The van der Waals surface area contributed by atoms with Crippen LogP contribution in [0.3, 0.4) is 0 Å². The van der Waals surface area contributed by atoms with Crippen LogP contribution in [-0.2, 0) is 17.8 Å². The minimum absolute atomic E-state index is 0.527. The number of nitrogens with one attached hydrogen (secondary N) is 1. The van der Waals surface area contributed by atoms with E-state index in [0.717, 1.165) is 29.1 Å². The predicted molar refractivity (Wildman–Crippen MR) is 81.3 cm³/mol. The summed E-state index contributed by atoms with van der Waals surface area (Å²) in [5.74, 6) is 2.15. The third-order valence-corrected chi connectivity index (χ3v) is 3.81. The van der Waals surface area contributed by atoms with Gasteiger partial charge in [0, 0.05) is 29.3 Å². The first kappa shape index (κ1) is 14.0. The molecule has 1 aromatic carbocycles. The van der Waals surface area contributed by atoms with Crippen molar-refractivity contribution in [1.29, 1.82) is 0 Å². The van der Waals surface area contributed by atoms with Gasteiger partial charge in [0.05, 0.1) is 27.4 Å². The predicted octanol–water partition coefficient (Wildman–Crippen LogP) is 2.90. The largest absolute Gasteiger partial charge is 0.497 e. The maximum absolute atomic E-state index is 5.43. The van der Waals surface area contributed by atoms with Crippen LogP contribution in [0.4, 0.5) is 0 Å². The third-order valence-electron chi connectivity index (χ3n) is 3.47. The molecule has 0 saturated heterocycles. The zero-order chi connectivity index (χ0) is 14.8. The minimum Gasteiger partial charge on any atom is -0.497 e. The van der Waals surface area contributed by atoms with Crippen molar-refractivity contribution < 1.29 is 14.2 Å². The Hall–Kier alpha value is -1.92. The fourth-order valence-electron chi connectivity index (χ4n) is 2.34. The molecule has 0 atom stereocenters. The van der Waals surface area contributed by atoms with Crippen molar-refractivity contribution in [3.63, 3.8) is 0 Å². The van der Waals surface area contributed by atoms with Crippen LogP contribution in [-0.4, -0.2) is 30.8 Å². The van der Waals surface area contributed by atoms with Gasteiger partial charge in [0.1, 0.15) is 22.0 Å². The molecule has 0 aliphatic carbocycles. The molecule has 1 aromatic heterocycles. The summed E-state index contributed by atoms with van der Waals surface area (Å²) >= 11 is 5.38. The highest BCUT2D eigenvalue weighted by molar-refractivity contribution is 7.71. The molecule has 1 aliphatic rings. The number of H-pyrrole nitrogens is 1. The van der Waals surface area contributed by atoms with Gasteiger partial charge in [-0.25, -0.2) is 4.98 Å². The van der Waals surface area contributed by atoms with Crippen LogP contribution in [0.1, 0.15) is 11.3 Å². The van der Waals surface area contributed by atoms with E-state index < -0.39 is 0 Å². The van der Waals surface area contributed by atoms with E-state index in [1.54, 1.807) is 14.2 Å². The average molecular weight is 304 g/mol. The Bertz CT molecular complexity index is 705. The molecule has 110 valence electrons. The van der Waals surface area contributed by atoms with Gasteiger partial charge in [-0.2, -0.15) is 0 Å². The van der Waals surface area contributed by atoms with Crippen molar-refractivity contribution in [2.24, 2.45) is 0 Å². The van der Waals surface area contributed by atoms with Gasteiger partial charge in [-0.1, -0.05) is 12.2 Å². The first-order chi connectivity index (χ1) is 10.2. The van der Waals surface area contributed by atoms with Crippen molar-refractivity contribution in [2.45, 2.75) is 13.0 Å². The molecule has 0 bridgehead atoms. The van der Waals surface area contributed by atoms with E-state index in [9.17, 15) is 0 Å². The fourth-order valence-corrected chi connectivity index (χ4v) is 2.61. The summed E-state index contributed by atoms with van der Waals surface area (Å²) < 4.78 is 16.6. The Labute approximate surface area is 127 Å². The zero-order valence-corrected chi connectivity index (χ0v) is 12.8. The highest BCUT2D eigenvalue weighted by atomic mass is 32.1. The van der Waals surface area contributed by atoms with Gasteiger partial charge in [-0.15, -0.1) is 0 Å². The van der Waals surface area contributed by atoms with E-state index >= 15 is 0 Å². The van der Waals surface area contributed by atoms with Gasteiger partial charge in [0.2, 0.25) is 0 Å². The molecule has 0 amide bonds. The lowest BCUT2D eigenvalue weighted by molar-refractivity contribution is 0.108. The van der Waals surface area contributed by atoms with E-state index in [1.165, 1.54) is 0 Å². The second-order valence-corrected chi connectivity index (χ2v) is 5.14. The molecule has 0 unspecified atom stereocenters. The number of aromatic nitrogens is 2. The quantitative estimate of drug-likeness (QED) is 0.884. The average Bonchev–Trinajstić information content (AvgIpc) is 2.54. The Balaban J connectivity index is 2.12. The second-order valence-electron chi connectivity index (χ2n) is 4.75. The number of rotatable bonds is 3. The minimum atomic E-state index is 0.527. The lowest BCUT2D eigenvalue weighted by atomic mass is 10.1.